The lowest BCUT2D eigenvalue weighted by Gasteiger charge is -2.08. The van der Waals surface area contributed by atoms with Gasteiger partial charge in [-0.1, -0.05) is 6.92 Å². The Hall–Kier alpha value is -1.62. The number of aromatic nitrogens is 1. The first-order chi connectivity index (χ1) is 8.15. The van der Waals surface area contributed by atoms with E-state index in [9.17, 15) is 4.79 Å². The van der Waals surface area contributed by atoms with Gasteiger partial charge in [-0.05, 0) is 30.9 Å². The van der Waals surface area contributed by atoms with Crippen molar-refractivity contribution < 1.29 is 9.90 Å². The highest BCUT2D eigenvalue weighted by Gasteiger charge is 2.09. The lowest BCUT2D eigenvalue weighted by molar-refractivity contribution is 0.0948. The molecule has 1 heterocycles. The van der Waals surface area contributed by atoms with Crippen molar-refractivity contribution in [1.29, 1.82) is 0 Å². The lowest BCUT2D eigenvalue weighted by atomic mass is 10.1. The molecule has 94 valence electrons. The van der Waals surface area contributed by atoms with E-state index in [1.807, 2.05) is 6.92 Å². The average molecular weight is 237 g/mol. The highest BCUT2D eigenvalue weighted by atomic mass is 16.3. The Morgan fingerprint density at radius 2 is 2.41 bits per heavy atom. The van der Waals surface area contributed by atoms with E-state index in [1.165, 1.54) is 0 Å². The Morgan fingerprint density at radius 1 is 1.65 bits per heavy atom. The van der Waals surface area contributed by atoms with Crippen LogP contribution < -0.4 is 11.1 Å². The first-order valence-corrected chi connectivity index (χ1v) is 5.74. The molecule has 1 aromatic heterocycles. The Morgan fingerprint density at radius 3 is 3.06 bits per heavy atom. The molecule has 1 aromatic rings. The number of carbonyl (C=O) groups excluding carboxylic acids is 1. The number of amides is 1. The van der Waals surface area contributed by atoms with Gasteiger partial charge in [0.15, 0.2) is 5.69 Å². The van der Waals surface area contributed by atoms with Crippen molar-refractivity contribution in [2.75, 3.05) is 18.9 Å². The molecule has 5 nitrogen and oxygen atoms in total. The van der Waals surface area contributed by atoms with Crippen LogP contribution in [-0.4, -0.2) is 29.1 Å². The van der Waals surface area contributed by atoms with Gasteiger partial charge in [-0.25, -0.2) is 4.98 Å². The summed E-state index contributed by atoms with van der Waals surface area (Å²) in [5.41, 5.74) is 6.29. The summed E-state index contributed by atoms with van der Waals surface area (Å²) in [6, 6.07) is 3.34. The topological polar surface area (TPSA) is 88.2 Å². The zero-order valence-corrected chi connectivity index (χ0v) is 10.0. The summed E-state index contributed by atoms with van der Waals surface area (Å²) in [5, 5.41) is 11.6. The number of nitrogens with two attached hydrogens (primary N) is 1. The maximum Gasteiger partial charge on any atom is 0.272 e. The number of hydrogen-bond donors (Lipinski definition) is 3. The molecule has 0 aliphatic rings. The molecule has 0 fully saturated rings. The van der Waals surface area contributed by atoms with Gasteiger partial charge in [-0.15, -0.1) is 0 Å². The Labute approximate surface area is 101 Å². The Kier molecular flexibility index (Phi) is 5.42. The summed E-state index contributed by atoms with van der Waals surface area (Å²) >= 11 is 0. The molecule has 0 aromatic carbocycles. The van der Waals surface area contributed by atoms with Crippen molar-refractivity contribution in [3.63, 3.8) is 0 Å². The van der Waals surface area contributed by atoms with Crippen LogP contribution in [0.1, 0.15) is 30.3 Å². The molecule has 0 spiro atoms. The minimum atomic E-state index is -0.250. The first-order valence-electron chi connectivity index (χ1n) is 5.74. The fraction of sp³-hybridized carbons (Fsp3) is 0.500. The van der Waals surface area contributed by atoms with Crippen molar-refractivity contribution in [3.05, 3.63) is 24.0 Å². The fourth-order valence-electron chi connectivity index (χ4n) is 1.43. The highest BCUT2D eigenvalue weighted by Crippen LogP contribution is 2.07. The predicted octanol–water partition coefficient (Wildman–Crippen LogP) is 0.802. The van der Waals surface area contributed by atoms with Gasteiger partial charge < -0.3 is 16.2 Å². The molecule has 1 atom stereocenters. The van der Waals surface area contributed by atoms with Gasteiger partial charge in [0, 0.05) is 19.3 Å². The van der Waals surface area contributed by atoms with E-state index >= 15 is 0 Å². The molecule has 0 saturated heterocycles. The number of carbonyl (C=O) groups is 1. The van der Waals surface area contributed by atoms with Crippen molar-refractivity contribution >= 4 is 11.6 Å². The second kappa shape index (κ2) is 6.85. The van der Waals surface area contributed by atoms with E-state index in [-0.39, 0.29) is 24.1 Å². The molecule has 1 amide bonds. The van der Waals surface area contributed by atoms with E-state index in [4.69, 9.17) is 10.8 Å². The van der Waals surface area contributed by atoms with E-state index in [0.29, 0.717) is 12.2 Å². The largest absolute Gasteiger partial charge is 0.397 e. The van der Waals surface area contributed by atoms with Crippen molar-refractivity contribution in [2.45, 2.75) is 19.8 Å². The number of aliphatic hydroxyl groups excluding tert-OH is 1. The van der Waals surface area contributed by atoms with E-state index in [2.05, 4.69) is 10.3 Å². The first kappa shape index (κ1) is 13.4. The minimum absolute atomic E-state index is 0.182. The summed E-state index contributed by atoms with van der Waals surface area (Å²) < 4.78 is 0. The Bertz CT molecular complexity index is 369. The third-order valence-electron chi connectivity index (χ3n) is 2.52. The predicted molar refractivity (Wildman–Crippen MR) is 66.5 cm³/mol. The number of rotatable bonds is 6. The third-order valence-corrected chi connectivity index (χ3v) is 2.52. The van der Waals surface area contributed by atoms with Gasteiger partial charge in [-0.2, -0.15) is 0 Å². The summed E-state index contributed by atoms with van der Waals surface area (Å²) in [5.74, 6) is 0.0200. The summed E-state index contributed by atoms with van der Waals surface area (Å²) in [6.45, 7) is 2.72. The number of nitrogens with zero attached hydrogens (tertiary/aromatic N) is 1. The quantitative estimate of drug-likeness (QED) is 0.639. The molecule has 5 heteroatoms. The van der Waals surface area contributed by atoms with Crippen LogP contribution in [-0.2, 0) is 0 Å². The second-order valence-electron chi connectivity index (χ2n) is 4.13. The van der Waals surface area contributed by atoms with Crippen molar-refractivity contribution in [1.82, 2.24) is 10.3 Å². The summed E-state index contributed by atoms with van der Waals surface area (Å²) in [4.78, 5) is 15.6. The monoisotopic (exact) mass is 237 g/mol. The number of aliphatic hydroxyl groups is 1. The molecule has 4 N–H and O–H groups in total. The van der Waals surface area contributed by atoms with Gasteiger partial charge >= 0.3 is 0 Å². The van der Waals surface area contributed by atoms with Crippen LogP contribution in [0.5, 0.6) is 0 Å². The molecule has 0 aliphatic heterocycles. The number of nitrogens with one attached hydrogen (secondary N) is 1. The average Bonchev–Trinajstić information content (AvgIpc) is 2.34. The van der Waals surface area contributed by atoms with Crippen LogP contribution in [0, 0.1) is 5.92 Å². The number of hydrogen-bond acceptors (Lipinski definition) is 4. The zero-order valence-electron chi connectivity index (χ0n) is 10.0. The number of pyridine rings is 1. The molecule has 17 heavy (non-hydrogen) atoms. The zero-order chi connectivity index (χ0) is 12.7. The maximum atomic E-state index is 11.7. The Balaban J connectivity index is 2.33. The fourth-order valence-corrected chi connectivity index (χ4v) is 1.43. The van der Waals surface area contributed by atoms with Crippen LogP contribution >= 0.6 is 0 Å². The van der Waals surface area contributed by atoms with Gasteiger partial charge in [0.05, 0.1) is 5.69 Å². The van der Waals surface area contributed by atoms with Gasteiger partial charge in [0.1, 0.15) is 0 Å². The van der Waals surface area contributed by atoms with Crippen molar-refractivity contribution in [3.8, 4) is 0 Å². The second-order valence-corrected chi connectivity index (χ2v) is 4.13. The van der Waals surface area contributed by atoms with Crippen LogP contribution in [0.4, 0.5) is 5.69 Å². The lowest BCUT2D eigenvalue weighted by Crippen LogP contribution is -2.26. The maximum absolute atomic E-state index is 11.7. The smallest absolute Gasteiger partial charge is 0.272 e. The number of anilines is 1. The van der Waals surface area contributed by atoms with Gasteiger partial charge in [-0.3, -0.25) is 4.79 Å². The minimum Gasteiger partial charge on any atom is -0.397 e. The highest BCUT2D eigenvalue weighted by molar-refractivity contribution is 5.96. The number of nitrogen functional groups attached to an aromatic ring is 1. The third kappa shape index (κ3) is 4.40. The van der Waals surface area contributed by atoms with E-state index < -0.39 is 0 Å². The molecule has 0 saturated carbocycles. The molecule has 0 bridgehead atoms. The van der Waals surface area contributed by atoms with Crippen LogP contribution in [0.3, 0.4) is 0 Å². The van der Waals surface area contributed by atoms with Gasteiger partial charge in [0.25, 0.3) is 5.91 Å². The SMILES string of the molecule is CC(CO)CCCNC(=O)c1ncccc1N. The summed E-state index contributed by atoms with van der Waals surface area (Å²) in [7, 11) is 0. The van der Waals surface area contributed by atoms with E-state index in [0.717, 1.165) is 12.8 Å². The molecule has 1 unspecified atom stereocenters. The van der Waals surface area contributed by atoms with E-state index in [1.54, 1.807) is 18.3 Å². The van der Waals surface area contributed by atoms with Crippen LogP contribution in [0.2, 0.25) is 0 Å². The molecule has 0 aliphatic carbocycles. The normalized spacial score (nSPS) is 12.1. The van der Waals surface area contributed by atoms with Crippen LogP contribution in [0.15, 0.2) is 18.3 Å². The van der Waals surface area contributed by atoms with Crippen LogP contribution in [0.25, 0.3) is 0 Å². The molecular weight excluding hydrogens is 218 g/mol. The standard InChI is InChI=1S/C12H19N3O2/c1-9(8-16)4-2-7-15-12(17)11-10(13)5-3-6-14-11/h3,5-6,9,16H,2,4,7-8,13H2,1H3,(H,15,17). The van der Waals surface area contributed by atoms with Gasteiger partial charge in [0.2, 0.25) is 0 Å². The van der Waals surface area contributed by atoms with Crippen molar-refractivity contribution in [2.24, 2.45) is 5.92 Å². The molecular formula is C12H19N3O2. The summed E-state index contributed by atoms with van der Waals surface area (Å²) in [6.07, 6.45) is 3.26. The molecule has 0 radical (unpaired) electrons. The molecule has 1 rings (SSSR count).